The van der Waals surface area contributed by atoms with E-state index >= 15 is 0 Å². The highest BCUT2D eigenvalue weighted by Crippen LogP contribution is 1.83. The number of carbonyl (C=O) groups is 1. The van der Waals surface area contributed by atoms with Crippen molar-refractivity contribution in [2.24, 2.45) is 5.73 Å². The maximum atomic E-state index is 9.85. The van der Waals surface area contributed by atoms with E-state index < -0.39 is 22.4 Å². The molecule has 0 spiro atoms. The third-order valence-corrected chi connectivity index (χ3v) is 0.757. The van der Waals surface area contributed by atoms with Crippen molar-refractivity contribution in [3.63, 3.8) is 0 Å². The van der Waals surface area contributed by atoms with E-state index in [-0.39, 0.29) is 13.0 Å². The van der Waals surface area contributed by atoms with Crippen LogP contribution in [0.3, 0.4) is 0 Å². The van der Waals surface area contributed by atoms with Crippen LogP contribution in [-0.2, 0) is 15.2 Å². The molecule has 0 aliphatic heterocycles. The Balaban J connectivity index is 0. The highest BCUT2D eigenvalue weighted by atomic mass is 32.3. The molecule has 8 nitrogen and oxygen atoms in total. The highest BCUT2D eigenvalue weighted by molar-refractivity contribution is 7.79. The number of hydrogen-bond donors (Lipinski definition) is 5. The van der Waals surface area contributed by atoms with Crippen molar-refractivity contribution in [2.75, 3.05) is 6.61 Å². The highest BCUT2D eigenvalue weighted by Gasteiger charge is 2.08. The molecule has 1 unspecified atom stereocenters. The van der Waals surface area contributed by atoms with E-state index in [2.05, 4.69) is 0 Å². The van der Waals surface area contributed by atoms with Crippen molar-refractivity contribution in [1.82, 2.24) is 0 Å². The molecule has 0 heterocycles. The number of aliphatic hydroxyl groups is 1. The first kappa shape index (κ1) is 14.8. The van der Waals surface area contributed by atoms with Crippen LogP contribution in [0.4, 0.5) is 0 Å². The van der Waals surface area contributed by atoms with Crippen molar-refractivity contribution in [3.05, 3.63) is 0 Å². The van der Waals surface area contributed by atoms with Crippen LogP contribution in [0.2, 0.25) is 0 Å². The summed E-state index contributed by atoms with van der Waals surface area (Å²) in [6, 6.07) is -0.917. The Morgan fingerprint density at radius 1 is 1.38 bits per heavy atom. The molecule has 0 aliphatic carbocycles. The molecule has 0 fully saturated rings. The number of carboxylic acids is 1. The molecule has 13 heavy (non-hydrogen) atoms. The summed E-state index contributed by atoms with van der Waals surface area (Å²) < 4.78 is 31.6. The molecule has 0 aromatic heterocycles. The van der Waals surface area contributed by atoms with E-state index in [4.69, 9.17) is 33.5 Å². The van der Waals surface area contributed by atoms with Crippen LogP contribution in [0.25, 0.3) is 0 Å². The lowest BCUT2D eigenvalue weighted by Gasteiger charge is -2.00. The second-order valence-corrected chi connectivity index (χ2v) is 2.80. The minimum absolute atomic E-state index is 0.120. The van der Waals surface area contributed by atoms with Crippen molar-refractivity contribution in [3.8, 4) is 0 Å². The number of aliphatic carboxylic acids is 1. The van der Waals surface area contributed by atoms with Crippen molar-refractivity contribution >= 4 is 16.4 Å². The smallest absolute Gasteiger partial charge is 0.394 e. The first-order valence-corrected chi connectivity index (χ1v) is 4.37. The molecule has 0 amide bonds. The molecule has 0 aromatic rings. The van der Waals surface area contributed by atoms with Gasteiger partial charge in [-0.2, -0.15) is 8.42 Å². The molecule has 0 saturated heterocycles. The minimum Gasteiger partial charge on any atom is -0.480 e. The fourth-order valence-electron chi connectivity index (χ4n) is 0.263. The molecular weight excluding hydrogens is 206 g/mol. The van der Waals surface area contributed by atoms with E-state index in [0.29, 0.717) is 0 Å². The zero-order valence-electron chi connectivity index (χ0n) is 6.49. The van der Waals surface area contributed by atoms with Crippen LogP contribution in [0.5, 0.6) is 0 Å². The number of nitrogens with two attached hydrogens (primary N) is 1. The average Bonchev–Trinajstić information content (AvgIpc) is 1.84. The first-order valence-electron chi connectivity index (χ1n) is 2.97. The summed E-state index contributed by atoms with van der Waals surface area (Å²) in [6.45, 7) is -0.173. The third kappa shape index (κ3) is 24.6. The van der Waals surface area contributed by atoms with Crippen LogP contribution in [0, 0.1) is 0 Å². The lowest BCUT2D eigenvalue weighted by atomic mass is 10.2. The monoisotopic (exact) mass is 217 g/mol. The summed E-state index contributed by atoms with van der Waals surface area (Å²) in [4.78, 5) is 9.85. The number of carboxylic acid groups (broad SMARTS) is 1. The molecular formula is C4H11NO7S. The van der Waals surface area contributed by atoms with Gasteiger partial charge in [0.25, 0.3) is 0 Å². The molecule has 0 rings (SSSR count). The first-order chi connectivity index (χ1) is 5.68. The van der Waals surface area contributed by atoms with Gasteiger partial charge in [0.2, 0.25) is 0 Å². The van der Waals surface area contributed by atoms with E-state index in [9.17, 15) is 4.79 Å². The SMILES string of the molecule is NC(CCO)C(=O)O.O=S(=O)(O)O. The van der Waals surface area contributed by atoms with Crippen LogP contribution in [-0.4, -0.2) is 46.4 Å². The van der Waals surface area contributed by atoms with E-state index in [1.807, 2.05) is 0 Å². The van der Waals surface area contributed by atoms with Gasteiger partial charge in [0, 0.05) is 6.61 Å². The van der Waals surface area contributed by atoms with Gasteiger partial charge < -0.3 is 15.9 Å². The molecule has 9 heteroatoms. The summed E-state index contributed by atoms with van der Waals surface area (Å²) >= 11 is 0. The van der Waals surface area contributed by atoms with Crippen molar-refractivity contribution in [2.45, 2.75) is 12.5 Å². The Bertz CT molecular complexity index is 227. The molecule has 0 aliphatic rings. The van der Waals surface area contributed by atoms with Gasteiger partial charge in [-0.3, -0.25) is 13.9 Å². The maximum absolute atomic E-state index is 9.85. The lowest BCUT2D eigenvalue weighted by Crippen LogP contribution is -2.30. The second kappa shape index (κ2) is 6.74. The zero-order valence-corrected chi connectivity index (χ0v) is 7.31. The third-order valence-electron chi connectivity index (χ3n) is 0.757. The van der Waals surface area contributed by atoms with Gasteiger partial charge in [0.15, 0.2) is 0 Å². The van der Waals surface area contributed by atoms with Crippen molar-refractivity contribution < 1.29 is 32.5 Å². The second-order valence-electron chi connectivity index (χ2n) is 1.90. The summed E-state index contributed by atoms with van der Waals surface area (Å²) in [5.74, 6) is -1.07. The molecule has 0 radical (unpaired) electrons. The van der Waals surface area contributed by atoms with Gasteiger partial charge in [-0.05, 0) is 6.42 Å². The summed E-state index contributed by atoms with van der Waals surface area (Å²) in [6.07, 6.45) is 0.120. The van der Waals surface area contributed by atoms with E-state index in [1.165, 1.54) is 0 Å². The number of rotatable bonds is 3. The molecule has 0 aromatic carbocycles. The standard InChI is InChI=1S/C4H9NO3.H2O4S/c5-3(1-2-6)4(7)8;1-5(2,3)4/h3,6H,1-2,5H2,(H,7,8);(H2,1,2,3,4). The molecule has 0 saturated carbocycles. The Labute approximate surface area is 74.6 Å². The molecule has 6 N–H and O–H groups in total. The Kier molecular flexibility index (Phi) is 7.66. The predicted molar refractivity (Wildman–Crippen MR) is 41.5 cm³/mol. The minimum atomic E-state index is -4.67. The van der Waals surface area contributed by atoms with Gasteiger partial charge in [-0.15, -0.1) is 0 Å². The Morgan fingerprint density at radius 2 is 1.69 bits per heavy atom. The summed E-state index contributed by atoms with van der Waals surface area (Å²) in [7, 11) is -4.67. The van der Waals surface area contributed by atoms with Gasteiger partial charge in [-0.25, -0.2) is 0 Å². The Hall–Kier alpha value is -0.740. The fraction of sp³-hybridized carbons (Fsp3) is 0.750. The van der Waals surface area contributed by atoms with Crippen LogP contribution >= 0.6 is 0 Å². The van der Waals surface area contributed by atoms with E-state index in [1.54, 1.807) is 0 Å². The quantitative estimate of drug-likeness (QED) is 0.344. The number of aliphatic hydroxyl groups excluding tert-OH is 1. The topological polar surface area (TPSA) is 158 Å². The van der Waals surface area contributed by atoms with Gasteiger partial charge in [0.1, 0.15) is 6.04 Å². The normalized spacial score (nSPS) is 12.6. The number of hydrogen-bond acceptors (Lipinski definition) is 5. The summed E-state index contributed by atoms with van der Waals surface area (Å²) in [5, 5.41) is 16.2. The van der Waals surface area contributed by atoms with Crippen molar-refractivity contribution in [1.29, 1.82) is 0 Å². The lowest BCUT2D eigenvalue weighted by molar-refractivity contribution is -0.138. The van der Waals surface area contributed by atoms with Gasteiger partial charge in [0.05, 0.1) is 0 Å². The van der Waals surface area contributed by atoms with E-state index in [0.717, 1.165) is 0 Å². The molecule has 80 valence electrons. The van der Waals surface area contributed by atoms with Crippen LogP contribution in [0.1, 0.15) is 6.42 Å². The largest absolute Gasteiger partial charge is 0.480 e. The van der Waals surface area contributed by atoms with Gasteiger partial charge in [-0.1, -0.05) is 0 Å². The molecule has 1 atom stereocenters. The predicted octanol–water partition coefficient (Wildman–Crippen LogP) is -1.87. The van der Waals surface area contributed by atoms with Crippen LogP contribution in [0.15, 0.2) is 0 Å². The fourth-order valence-corrected chi connectivity index (χ4v) is 0.263. The zero-order chi connectivity index (χ0) is 11.1. The summed E-state index contributed by atoms with van der Waals surface area (Å²) in [5.41, 5.74) is 4.97. The average molecular weight is 217 g/mol. The van der Waals surface area contributed by atoms with Crippen LogP contribution < -0.4 is 5.73 Å². The van der Waals surface area contributed by atoms with Gasteiger partial charge >= 0.3 is 16.4 Å². The molecule has 0 bridgehead atoms. The Morgan fingerprint density at radius 3 is 1.77 bits per heavy atom. The maximum Gasteiger partial charge on any atom is 0.394 e.